The standard InChI is InChI=1S/C22H31ClN4O3/c23-18-3-1-6-20(15-18)30-17-22(29)27-9-7-24(8-10-27)16-21(28)26-13-11-25(12-14-26)19-4-2-5-19/h1,3,6,15,19H,2,4-5,7-14,16-17H2. The number of ether oxygens (including phenoxy) is 1. The Kier molecular flexibility index (Phi) is 7.12. The SMILES string of the molecule is O=C(COc1cccc(Cl)c1)N1CCN(CC(=O)N2CCN(C3CCC3)CC2)CC1. The lowest BCUT2D eigenvalue weighted by molar-refractivity contribution is -0.137. The molecule has 0 radical (unpaired) electrons. The summed E-state index contributed by atoms with van der Waals surface area (Å²) in [4.78, 5) is 33.6. The lowest BCUT2D eigenvalue weighted by atomic mass is 9.91. The van der Waals surface area contributed by atoms with Crippen LogP contribution < -0.4 is 4.74 Å². The average Bonchev–Trinajstić information content (AvgIpc) is 2.72. The molecule has 4 rings (SSSR count). The molecule has 7 nitrogen and oxygen atoms in total. The summed E-state index contributed by atoms with van der Waals surface area (Å²) in [6.07, 6.45) is 3.99. The van der Waals surface area contributed by atoms with Crippen molar-refractivity contribution >= 4 is 23.4 Å². The van der Waals surface area contributed by atoms with Gasteiger partial charge >= 0.3 is 0 Å². The predicted octanol–water partition coefficient (Wildman–Crippen LogP) is 1.56. The maximum Gasteiger partial charge on any atom is 0.260 e. The van der Waals surface area contributed by atoms with Gasteiger partial charge in [-0.3, -0.25) is 19.4 Å². The van der Waals surface area contributed by atoms with E-state index in [2.05, 4.69) is 9.80 Å². The van der Waals surface area contributed by atoms with Crippen LogP contribution in [0.1, 0.15) is 19.3 Å². The molecule has 3 fully saturated rings. The van der Waals surface area contributed by atoms with Crippen LogP contribution in [0.4, 0.5) is 0 Å². The van der Waals surface area contributed by atoms with E-state index in [1.165, 1.54) is 19.3 Å². The van der Waals surface area contributed by atoms with Crippen molar-refractivity contribution in [2.24, 2.45) is 0 Å². The maximum absolute atomic E-state index is 12.7. The molecule has 0 spiro atoms. The van der Waals surface area contributed by atoms with E-state index in [0.717, 1.165) is 45.3 Å². The van der Waals surface area contributed by atoms with E-state index in [-0.39, 0.29) is 18.4 Å². The zero-order chi connectivity index (χ0) is 20.9. The smallest absolute Gasteiger partial charge is 0.260 e. The number of benzene rings is 1. The Morgan fingerprint density at radius 3 is 2.23 bits per heavy atom. The van der Waals surface area contributed by atoms with Gasteiger partial charge in [-0.05, 0) is 31.0 Å². The Labute approximate surface area is 183 Å². The van der Waals surface area contributed by atoms with E-state index in [1.54, 1.807) is 24.3 Å². The Bertz CT molecular complexity index is 742. The lowest BCUT2D eigenvalue weighted by Crippen LogP contribution is -2.56. The predicted molar refractivity (Wildman–Crippen MR) is 116 cm³/mol. The minimum atomic E-state index is -0.0342. The van der Waals surface area contributed by atoms with Crippen LogP contribution >= 0.6 is 11.6 Å². The number of nitrogens with zero attached hydrogens (tertiary/aromatic N) is 4. The van der Waals surface area contributed by atoms with E-state index in [4.69, 9.17) is 16.3 Å². The van der Waals surface area contributed by atoms with Gasteiger partial charge in [0.2, 0.25) is 5.91 Å². The molecule has 2 amide bonds. The van der Waals surface area contributed by atoms with E-state index < -0.39 is 0 Å². The first-order valence-corrected chi connectivity index (χ1v) is 11.4. The summed E-state index contributed by atoms with van der Waals surface area (Å²) in [5, 5.41) is 0.586. The second-order valence-electron chi connectivity index (χ2n) is 8.40. The van der Waals surface area contributed by atoms with Gasteiger partial charge in [0, 0.05) is 63.4 Å². The number of rotatable bonds is 6. The molecular weight excluding hydrogens is 404 g/mol. The third-order valence-electron chi connectivity index (χ3n) is 6.50. The van der Waals surface area contributed by atoms with Crippen LogP contribution in [0.3, 0.4) is 0 Å². The van der Waals surface area contributed by atoms with Crippen molar-refractivity contribution in [3.05, 3.63) is 29.3 Å². The van der Waals surface area contributed by atoms with E-state index >= 15 is 0 Å². The van der Waals surface area contributed by atoms with Crippen LogP contribution in [0.25, 0.3) is 0 Å². The molecule has 0 aromatic heterocycles. The molecule has 1 aromatic rings. The van der Waals surface area contributed by atoms with Crippen molar-refractivity contribution in [1.82, 2.24) is 19.6 Å². The van der Waals surface area contributed by atoms with Crippen LogP contribution in [-0.4, -0.2) is 103 Å². The summed E-state index contributed by atoms with van der Waals surface area (Å²) in [6.45, 7) is 6.84. The van der Waals surface area contributed by atoms with Gasteiger partial charge in [0.1, 0.15) is 5.75 Å². The molecule has 8 heteroatoms. The second kappa shape index (κ2) is 9.98. The number of amides is 2. The van der Waals surface area contributed by atoms with Gasteiger partial charge in [0.15, 0.2) is 6.61 Å². The number of piperazine rings is 2. The third kappa shape index (κ3) is 5.45. The molecule has 0 bridgehead atoms. The largest absolute Gasteiger partial charge is 0.484 e. The topological polar surface area (TPSA) is 56.3 Å². The van der Waals surface area contributed by atoms with Gasteiger partial charge in [0.05, 0.1) is 6.54 Å². The summed E-state index contributed by atoms with van der Waals surface area (Å²) in [5.74, 6) is 0.776. The maximum atomic E-state index is 12.7. The molecule has 2 heterocycles. The number of hydrogen-bond acceptors (Lipinski definition) is 5. The fourth-order valence-electron chi connectivity index (χ4n) is 4.33. The molecular formula is C22H31ClN4O3. The molecule has 1 aliphatic carbocycles. The Hall–Kier alpha value is -1.83. The molecule has 1 aromatic carbocycles. The van der Waals surface area contributed by atoms with Gasteiger partial charge in [-0.2, -0.15) is 0 Å². The molecule has 0 N–H and O–H groups in total. The Morgan fingerprint density at radius 1 is 0.933 bits per heavy atom. The zero-order valence-corrected chi connectivity index (χ0v) is 18.2. The van der Waals surface area contributed by atoms with Gasteiger partial charge < -0.3 is 14.5 Å². The summed E-state index contributed by atoms with van der Waals surface area (Å²) in [7, 11) is 0. The molecule has 1 saturated carbocycles. The van der Waals surface area contributed by atoms with Crippen molar-refractivity contribution < 1.29 is 14.3 Å². The first kappa shape index (κ1) is 21.4. The highest BCUT2D eigenvalue weighted by Crippen LogP contribution is 2.25. The fraction of sp³-hybridized carbons (Fsp3) is 0.636. The molecule has 3 aliphatic rings. The molecule has 0 atom stereocenters. The molecule has 2 aliphatic heterocycles. The van der Waals surface area contributed by atoms with Crippen LogP contribution in [-0.2, 0) is 9.59 Å². The van der Waals surface area contributed by atoms with Gasteiger partial charge in [-0.15, -0.1) is 0 Å². The minimum Gasteiger partial charge on any atom is -0.484 e. The summed E-state index contributed by atoms with van der Waals surface area (Å²) in [6, 6.07) is 7.81. The highest BCUT2D eigenvalue weighted by Gasteiger charge is 2.30. The molecule has 30 heavy (non-hydrogen) atoms. The summed E-state index contributed by atoms with van der Waals surface area (Å²) < 4.78 is 5.56. The van der Waals surface area contributed by atoms with Crippen LogP contribution in [0, 0.1) is 0 Å². The van der Waals surface area contributed by atoms with Crippen molar-refractivity contribution in [3.63, 3.8) is 0 Å². The first-order chi connectivity index (χ1) is 14.6. The lowest BCUT2D eigenvalue weighted by Gasteiger charge is -2.43. The van der Waals surface area contributed by atoms with Crippen molar-refractivity contribution in [1.29, 1.82) is 0 Å². The van der Waals surface area contributed by atoms with Crippen molar-refractivity contribution in [2.75, 3.05) is 65.5 Å². The van der Waals surface area contributed by atoms with Gasteiger partial charge in [0.25, 0.3) is 5.91 Å². The number of carbonyl (C=O) groups excluding carboxylic acids is 2. The van der Waals surface area contributed by atoms with Crippen molar-refractivity contribution in [2.45, 2.75) is 25.3 Å². The van der Waals surface area contributed by atoms with E-state index in [0.29, 0.717) is 30.4 Å². The number of hydrogen-bond donors (Lipinski definition) is 0. The molecule has 164 valence electrons. The van der Waals surface area contributed by atoms with Crippen molar-refractivity contribution in [3.8, 4) is 5.75 Å². The van der Waals surface area contributed by atoms with E-state index in [9.17, 15) is 9.59 Å². The third-order valence-corrected chi connectivity index (χ3v) is 6.74. The number of halogens is 1. The quantitative estimate of drug-likeness (QED) is 0.680. The molecule has 2 saturated heterocycles. The summed E-state index contributed by atoms with van der Waals surface area (Å²) in [5.41, 5.74) is 0. The van der Waals surface area contributed by atoms with E-state index in [1.807, 2.05) is 9.80 Å². The highest BCUT2D eigenvalue weighted by atomic mass is 35.5. The van der Waals surface area contributed by atoms with Crippen LogP contribution in [0.15, 0.2) is 24.3 Å². The first-order valence-electron chi connectivity index (χ1n) is 11.0. The minimum absolute atomic E-state index is 0.00451. The monoisotopic (exact) mass is 434 g/mol. The fourth-order valence-corrected chi connectivity index (χ4v) is 4.51. The molecule has 0 unspecified atom stereocenters. The highest BCUT2D eigenvalue weighted by molar-refractivity contribution is 6.30. The second-order valence-corrected chi connectivity index (χ2v) is 8.84. The van der Waals surface area contributed by atoms with Gasteiger partial charge in [-0.25, -0.2) is 0 Å². The van der Waals surface area contributed by atoms with Crippen LogP contribution in [0.5, 0.6) is 5.75 Å². The Balaban J connectivity index is 1.14. The summed E-state index contributed by atoms with van der Waals surface area (Å²) >= 11 is 5.94. The van der Waals surface area contributed by atoms with Crippen LogP contribution in [0.2, 0.25) is 5.02 Å². The average molecular weight is 435 g/mol. The Morgan fingerprint density at radius 2 is 1.60 bits per heavy atom. The van der Waals surface area contributed by atoms with Gasteiger partial charge in [-0.1, -0.05) is 24.1 Å². The normalized spacial score (nSPS) is 21.4. The number of carbonyl (C=O) groups is 2. The zero-order valence-electron chi connectivity index (χ0n) is 17.5.